The van der Waals surface area contributed by atoms with Gasteiger partial charge in [0.25, 0.3) is 0 Å². The number of pyridine rings is 1. The molecule has 22 heavy (non-hydrogen) atoms. The van der Waals surface area contributed by atoms with Gasteiger partial charge in [0.05, 0.1) is 24.0 Å². The van der Waals surface area contributed by atoms with Gasteiger partial charge in [0.1, 0.15) is 6.04 Å². The van der Waals surface area contributed by atoms with E-state index in [0.29, 0.717) is 19.5 Å². The van der Waals surface area contributed by atoms with Crippen LogP contribution in [0, 0.1) is 6.92 Å². The quantitative estimate of drug-likeness (QED) is 0.740. The number of hydrogen-bond acceptors (Lipinski definition) is 5. The molecule has 1 aliphatic heterocycles. The number of nitrogens with zero attached hydrogens (tertiary/aromatic N) is 3. The molecule has 0 bridgehead atoms. The first-order valence-electron chi connectivity index (χ1n) is 7.42. The van der Waals surface area contributed by atoms with Crippen molar-refractivity contribution >= 4 is 5.91 Å². The van der Waals surface area contributed by atoms with Gasteiger partial charge in [-0.2, -0.15) is 5.10 Å². The molecule has 1 fully saturated rings. The first kappa shape index (κ1) is 14.7. The molecule has 1 aliphatic rings. The summed E-state index contributed by atoms with van der Waals surface area (Å²) >= 11 is 0. The number of aromatic nitrogens is 3. The highest BCUT2D eigenvalue weighted by Crippen LogP contribution is 2.19. The summed E-state index contributed by atoms with van der Waals surface area (Å²) in [7, 11) is 0. The molecule has 0 radical (unpaired) electrons. The second-order valence-electron chi connectivity index (χ2n) is 5.40. The maximum Gasteiger partial charge on any atom is 0.238 e. The fourth-order valence-electron chi connectivity index (χ4n) is 2.51. The van der Waals surface area contributed by atoms with Gasteiger partial charge in [0.2, 0.25) is 5.91 Å². The largest absolute Gasteiger partial charge is 0.353 e. The van der Waals surface area contributed by atoms with Gasteiger partial charge >= 0.3 is 0 Å². The van der Waals surface area contributed by atoms with Crippen LogP contribution >= 0.6 is 0 Å². The molecule has 2 aromatic rings. The average molecular weight is 300 g/mol. The third-order valence-electron chi connectivity index (χ3n) is 3.68. The lowest BCUT2D eigenvalue weighted by atomic mass is 10.1. The van der Waals surface area contributed by atoms with Crippen molar-refractivity contribution in [3.8, 4) is 0 Å². The lowest BCUT2D eigenvalue weighted by molar-refractivity contribution is -0.122. The van der Waals surface area contributed by atoms with Gasteiger partial charge in [-0.15, -0.1) is 0 Å². The fourth-order valence-corrected chi connectivity index (χ4v) is 2.51. The number of nitrogens with one attached hydrogen (secondary N) is 3. The van der Waals surface area contributed by atoms with Crippen molar-refractivity contribution in [3.63, 3.8) is 0 Å². The molecule has 0 aliphatic carbocycles. The normalized spacial score (nSPS) is 21.0. The Kier molecular flexibility index (Phi) is 4.45. The molecule has 2 atom stereocenters. The lowest BCUT2D eigenvalue weighted by Crippen LogP contribution is -2.44. The van der Waals surface area contributed by atoms with Crippen LogP contribution in [0.4, 0.5) is 0 Å². The summed E-state index contributed by atoms with van der Waals surface area (Å²) in [5.74, 6) is -0.00481. The summed E-state index contributed by atoms with van der Waals surface area (Å²) in [5.41, 5.74) is 8.08. The van der Waals surface area contributed by atoms with E-state index < -0.39 is 0 Å². The smallest absolute Gasteiger partial charge is 0.238 e. The molecule has 0 aromatic carbocycles. The van der Waals surface area contributed by atoms with Crippen LogP contribution < -0.4 is 16.2 Å². The van der Waals surface area contributed by atoms with E-state index in [1.165, 1.54) is 0 Å². The third kappa shape index (κ3) is 3.49. The van der Waals surface area contributed by atoms with Crippen LogP contribution in [0.25, 0.3) is 0 Å². The van der Waals surface area contributed by atoms with Crippen molar-refractivity contribution in [3.05, 3.63) is 48.0 Å². The topological polar surface area (TPSA) is 83.9 Å². The molecule has 3 heterocycles. The first-order valence-corrected chi connectivity index (χ1v) is 7.42. The van der Waals surface area contributed by atoms with Gasteiger partial charge < -0.3 is 5.32 Å². The van der Waals surface area contributed by atoms with E-state index in [9.17, 15) is 4.79 Å². The minimum absolute atomic E-state index is 0.00481. The lowest BCUT2D eigenvalue weighted by Gasteiger charge is -2.10. The Morgan fingerprint density at radius 1 is 1.41 bits per heavy atom. The summed E-state index contributed by atoms with van der Waals surface area (Å²) in [5, 5.41) is 7.22. The van der Waals surface area contributed by atoms with Crippen molar-refractivity contribution in [1.82, 2.24) is 30.9 Å². The third-order valence-corrected chi connectivity index (χ3v) is 3.68. The first-order chi connectivity index (χ1) is 10.7. The van der Waals surface area contributed by atoms with E-state index in [-0.39, 0.29) is 18.0 Å². The van der Waals surface area contributed by atoms with E-state index in [2.05, 4.69) is 26.3 Å². The van der Waals surface area contributed by atoms with Crippen molar-refractivity contribution in [2.24, 2.45) is 0 Å². The standard InChI is InChI=1S/C15H20N6O/c1-11-5-8-21(20-11)9-7-17-15(22)14-10-13(18-19-14)12-4-2-3-6-16-12/h2-6,8,13-14,18-19H,7,9-10H2,1H3,(H,17,22). The van der Waals surface area contributed by atoms with E-state index in [1.807, 2.05) is 42.1 Å². The van der Waals surface area contributed by atoms with Crippen molar-refractivity contribution in [2.75, 3.05) is 6.54 Å². The van der Waals surface area contributed by atoms with Gasteiger partial charge in [-0.25, -0.2) is 10.9 Å². The molecule has 1 amide bonds. The van der Waals surface area contributed by atoms with Gasteiger partial charge in [-0.3, -0.25) is 14.5 Å². The highest BCUT2D eigenvalue weighted by atomic mass is 16.2. The Morgan fingerprint density at radius 2 is 2.32 bits per heavy atom. The fraction of sp³-hybridized carbons (Fsp3) is 0.400. The molecular formula is C15H20N6O. The van der Waals surface area contributed by atoms with Crippen LogP contribution in [0.5, 0.6) is 0 Å². The average Bonchev–Trinajstić information content (AvgIpc) is 3.17. The zero-order valence-corrected chi connectivity index (χ0v) is 12.5. The number of rotatable bonds is 5. The molecule has 7 nitrogen and oxygen atoms in total. The molecule has 2 unspecified atom stereocenters. The molecule has 3 rings (SSSR count). The summed E-state index contributed by atoms with van der Waals surface area (Å²) in [6, 6.07) is 7.55. The molecule has 0 saturated carbocycles. The Labute approximate surface area is 129 Å². The number of carbonyl (C=O) groups excluding carboxylic acids is 1. The Bertz CT molecular complexity index is 626. The van der Waals surface area contributed by atoms with Crippen LogP contribution in [-0.4, -0.2) is 33.3 Å². The molecule has 3 N–H and O–H groups in total. The molecule has 0 spiro atoms. The monoisotopic (exact) mass is 300 g/mol. The summed E-state index contributed by atoms with van der Waals surface area (Å²) in [6.45, 7) is 3.18. The maximum absolute atomic E-state index is 12.2. The van der Waals surface area contributed by atoms with Crippen molar-refractivity contribution in [2.45, 2.75) is 32.0 Å². The van der Waals surface area contributed by atoms with Gasteiger partial charge in [0, 0.05) is 18.9 Å². The molecular weight excluding hydrogens is 280 g/mol. The zero-order valence-electron chi connectivity index (χ0n) is 12.5. The minimum atomic E-state index is -0.244. The van der Waals surface area contributed by atoms with Crippen LogP contribution in [-0.2, 0) is 11.3 Å². The second-order valence-corrected chi connectivity index (χ2v) is 5.40. The van der Waals surface area contributed by atoms with Crippen LogP contribution in [0.1, 0.15) is 23.9 Å². The Hall–Kier alpha value is -2.25. The van der Waals surface area contributed by atoms with Crippen molar-refractivity contribution < 1.29 is 4.79 Å². The summed E-state index contributed by atoms with van der Waals surface area (Å²) in [6.07, 6.45) is 4.36. The Balaban J connectivity index is 1.45. The predicted octanol–water partition coefficient (Wildman–Crippen LogP) is 0.311. The van der Waals surface area contributed by atoms with Crippen LogP contribution in [0.3, 0.4) is 0 Å². The number of amides is 1. The zero-order chi connectivity index (χ0) is 15.4. The van der Waals surface area contributed by atoms with E-state index in [4.69, 9.17) is 0 Å². The SMILES string of the molecule is Cc1ccn(CCNC(=O)C2CC(c3ccccn3)NN2)n1. The van der Waals surface area contributed by atoms with E-state index >= 15 is 0 Å². The van der Waals surface area contributed by atoms with Crippen LogP contribution in [0.15, 0.2) is 36.7 Å². The maximum atomic E-state index is 12.2. The molecule has 1 saturated heterocycles. The summed E-state index contributed by atoms with van der Waals surface area (Å²) in [4.78, 5) is 16.5. The van der Waals surface area contributed by atoms with Crippen LogP contribution in [0.2, 0.25) is 0 Å². The molecule has 2 aromatic heterocycles. The van der Waals surface area contributed by atoms with Gasteiger partial charge in [-0.1, -0.05) is 6.07 Å². The summed E-state index contributed by atoms with van der Waals surface area (Å²) < 4.78 is 1.83. The second kappa shape index (κ2) is 6.67. The number of aryl methyl sites for hydroxylation is 1. The van der Waals surface area contributed by atoms with Gasteiger partial charge in [-0.05, 0) is 31.5 Å². The van der Waals surface area contributed by atoms with E-state index in [0.717, 1.165) is 11.4 Å². The van der Waals surface area contributed by atoms with E-state index in [1.54, 1.807) is 6.20 Å². The van der Waals surface area contributed by atoms with Gasteiger partial charge in [0.15, 0.2) is 0 Å². The van der Waals surface area contributed by atoms with Crippen molar-refractivity contribution in [1.29, 1.82) is 0 Å². The highest BCUT2D eigenvalue weighted by Gasteiger charge is 2.30. The number of carbonyl (C=O) groups is 1. The Morgan fingerprint density at radius 3 is 3.05 bits per heavy atom. The number of hydrazine groups is 1. The predicted molar refractivity (Wildman–Crippen MR) is 81.6 cm³/mol. The molecule has 7 heteroatoms. The number of hydrogen-bond donors (Lipinski definition) is 3. The minimum Gasteiger partial charge on any atom is -0.353 e. The molecule has 116 valence electrons. The highest BCUT2D eigenvalue weighted by molar-refractivity contribution is 5.82.